The van der Waals surface area contributed by atoms with Gasteiger partial charge in [-0.05, 0) is 12.3 Å². The molecule has 7 heteroatoms. The molecule has 1 aromatic rings. The quantitative estimate of drug-likeness (QED) is 0.762. The molecule has 1 aromatic heterocycles. The first-order chi connectivity index (χ1) is 8.66. The molecule has 1 heterocycles. The maximum absolute atomic E-state index is 11.6. The number of carbonyl (C=O) groups is 1. The first-order valence-electron chi connectivity index (χ1n) is 6.16. The van der Waals surface area contributed by atoms with Crippen LogP contribution in [0.3, 0.4) is 0 Å². The molecule has 0 radical (unpaired) electrons. The third kappa shape index (κ3) is 3.38. The number of aliphatic carboxylic acids is 1. The van der Waals surface area contributed by atoms with Gasteiger partial charge >= 0.3 is 11.7 Å². The normalized spacial score (nSPS) is 16.2. The minimum absolute atomic E-state index is 0.0757. The van der Waals surface area contributed by atoms with Crippen LogP contribution in [0.15, 0.2) is 9.95 Å². The summed E-state index contributed by atoms with van der Waals surface area (Å²) in [6.45, 7) is 0.627. The molecule has 0 bridgehead atoms. The lowest BCUT2D eigenvalue weighted by Crippen LogP contribution is -2.19. The Kier molecular flexibility index (Phi) is 4.46. The Bertz CT molecular complexity index is 462. The smallest absolute Gasteiger partial charge is 0.343 e. The molecule has 1 aliphatic carbocycles. The Labute approximate surface area is 109 Å². The molecule has 2 rings (SSSR count). The average Bonchev–Trinajstić information content (AvgIpc) is 2.94. The number of rotatable bonds is 6. The van der Waals surface area contributed by atoms with Crippen LogP contribution in [0.4, 0.5) is 0 Å². The van der Waals surface area contributed by atoms with Crippen LogP contribution in [0.1, 0.15) is 32.1 Å². The Balaban J connectivity index is 1.95. The number of carboxylic acid groups (broad SMARTS) is 1. The van der Waals surface area contributed by atoms with Crippen molar-refractivity contribution in [1.29, 1.82) is 0 Å². The SMILES string of the molecule is O=C(O)CSc1n[nH]c(=O)n1CCC1CCCC1. The fourth-order valence-electron chi connectivity index (χ4n) is 2.35. The third-order valence-corrected chi connectivity index (χ3v) is 4.24. The van der Waals surface area contributed by atoms with Crippen LogP contribution < -0.4 is 5.69 Å². The van der Waals surface area contributed by atoms with Gasteiger partial charge in [0.2, 0.25) is 0 Å². The van der Waals surface area contributed by atoms with Crippen molar-refractivity contribution in [2.45, 2.75) is 43.8 Å². The largest absolute Gasteiger partial charge is 0.481 e. The standard InChI is InChI=1S/C11H17N3O3S/c15-9(16)7-18-11-13-12-10(17)14(11)6-5-8-3-1-2-4-8/h8H,1-7H2,(H,12,17)(H,15,16). The van der Waals surface area contributed by atoms with Crippen LogP contribution in [-0.2, 0) is 11.3 Å². The molecule has 0 atom stereocenters. The monoisotopic (exact) mass is 271 g/mol. The van der Waals surface area contributed by atoms with E-state index in [9.17, 15) is 9.59 Å². The summed E-state index contributed by atoms with van der Waals surface area (Å²) in [6, 6.07) is 0. The number of aromatic nitrogens is 3. The van der Waals surface area contributed by atoms with Gasteiger partial charge in [-0.25, -0.2) is 9.89 Å². The number of aromatic amines is 1. The van der Waals surface area contributed by atoms with Crippen molar-refractivity contribution in [3.8, 4) is 0 Å². The van der Waals surface area contributed by atoms with Crippen molar-refractivity contribution >= 4 is 17.7 Å². The Morgan fingerprint density at radius 2 is 2.22 bits per heavy atom. The summed E-state index contributed by atoms with van der Waals surface area (Å²) < 4.78 is 1.55. The second kappa shape index (κ2) is 6.08. The molecule has 1 fully saturated rings. The predicted molar refractivity (Wildman–Crippen MR) is 67.8 cm³/mol. The van der Waals surface area contributed by atoms with Gasteiger partial charge in [-0.2, -0.15) is 0 Å². The van der Waals surface area contributed by atoms with Crippen molar-refractivity contribution < 1.29 is 9.90 Å². The van der Waals surface area contributed by atoms with E-state index in [-0.39, 0.29) is 11.4 Å². The zero-order chi connectivity index (χ0) is 13.0. The summed E-state index contributed by atoms with van der Waals surface area (Å²) in [6.07, 6.45) is 6.02. The second-order valence-corrected chi connectivity index (χ2v) is 5.53. The lowest BCUT2D eigenvalue weighted by atomic mass is 10.0. The van der Waals surface area contributed by atoms with Gasteiger partial charge in [0.15, 0.2) is 5.16 Å². The maximum Gasteiger partial charge on any atom is 0.343 e. The molecule has 2 N–H and O–H groups in total. The molecule has 100 valence electrons. The Hall–Kier alpha value is -1.24. The summed E-state index contributed by atoms with van der Waals surface area (Å²) in [4.78, 5) is 22.1. The predicted octanol–water partition coefficient (Wildman–Crippen LogP) is 1.33. The number of hydrogen-bond acceptors (Lipinski definition) is 4. The van der Waals surface area contributed by atoms with Crippen LogP contribution in [0.2, 0.25) is 0 Å². The topological polar surface area (TPSA) is 88.0 Å². The van der Waals surface area contributed by atoms with Crippen molar-refractivity contribution in [3.63, 3.8) is 0 Å². The van der Waals surface area contributed by atoms with E-state index < -0.39 is 5.97 Å². The summed E-state index contributed by atoms with van der Waals surface area (Å²) in [7, 11) is 0. The molecular weight excluding hydrogens is 254 g/mol. The average molecular weight is 271 g/mol. The highest BCUT2D eigenvalue weighted by molar-refractivity contribution is 7.99. The van der Waals surface area contributed by atoms with E-state index in [1.54, 1.807) is 4.57 Å². The van der Waals surface area contributed by atoms with Crippen LogP contribution in [0.5, 0.6) is 0 Å². The van der Waals surface area contributed by atoms with Crippen molar-refractivity contribution in [3.05, 3.63) is 10.5 Å². The number of thioether (sulfide) groups is 1. The molecule has 18 heavy (non-hydrogen) atoms. The van der Waals surface area contributed by atoms with Crippen molar-refractivity contribution in [1.82, 2.24) is 14.8 Å². The molecule has 1 aliphatic rings. The van der Waals surface area contributed by atoms with E-state index >= 15 is 0 Å². The minimum Gasteiger partial charge on any atom is -0.481 e. The summed E-state index contributed by atoms with van der Waals surface area (Å²) in [5.41, 5.74) is -0.249. The highest BCUT2D eigenvalue weighted by Crippen LogP contribution is 2.28. The highest BCUT2D eigenvalue weighted by Gasteiger charge is 2.17. The number of H-pyrrole nitrogens is 1. The van der Waals surface area contributed by atoms with Gasteiger partial charge in [0.1, 0.15) is 0 Å². The highest BCUT2D eigenvalue weighted by atomic mass is 32.2. The van der Waals surface area contributed by atoms with E-state index in [0.29, 0.717) is 17.6 Å². The molecule has 0 amide bonds. The van der Waals surface area contributed by atoms with Gasteiger partial charge in [0.25, 0.3) is 0 Å². The van der Waals surface area contributed by atoms with Gasteiger partial charge in [0, 0.05) is 6.54 Å². The molecule has 0 spiro atoms. The summed E-state index contributed by atoms with van der Waals surface area (Å²) >= 11 is 1.08. The van der Waals surface area contributed by atoms with E-state index in [4.69, 9.17) is 5.11 Å². The molecule has 0 unspecified atom stereocenters. The summed E-state index contributed by atoms with van der Waals surface area (Å²) in [5, 5.41) is 15.3. The molecule has 6 nitrogen and oxygen atoms in total. The number of nitrogens with one attached hydrogen (secondary N) is 1. The van der Waals surface area contributed by atoms with Crippen molar-refractivity contribution in [2.24, 2.45) is 5.92 Å². The van der Waals surface area contributed by atoms with Crippen LogP contribution in [0, 0.1) is 5.92 Å². The number of nitrogens with zero attached hydrogens (tertiary/aromatic N) is 2. The summed E-state index contributed by atoms with van der Waals surface area (Å²) in [5.74, 6) is -0.282. The molecule has 1 saturated carbocycles. The second-order valence-electron chi connectivity index (χ2n) is 4.58. The lowest BCUT2D eigenvalue weighted by molar-refractivity contribution is -0.133. The zero-order valence-corrected chi connectivity index (χ0v) is 10.9. The fourth-order valence-corrected chi connectivity index (χ4v) is 3.04. The van der Waals surface area contributed by atoms with E-state index in [0.717, 1.165) is 18.2 Å². The first kappa shape index (κ1) is 13.2. The van der Waals surface area contributed by atoms with E-state index in [1.807, 2.05) is 0 Å². The van der Waals surface area contributed by atoms with Gasteiger partial charge in [-0.3, -0.25) is 9.36 Å². The van der Waals surface area contributed by atoms with Gasteiger partial charge in [-0.1, -0.05) is 37.4 Å². The Morgan fingerprint density at radius 3 is 2.89 bits per heavy atom. The third-order valence-electron chi connectivity index (χ3n) is 3.28. The molecule has 0 saturated heterocycles. The zero-order valence-electron chi connectivity index (χ0n) is 10.1. The minimum atomic E-state index is -0.905. The van der Waals surface area contributed by atoms with Gasteiger partial charge < -0.3 is 5.11 Å². The van der Waals surface area contributed by atoms with E-state index in [1.165, 1.54) is 25.7 Å². The molecule has 0 aliphatic heterocycles. The first-order valence-corrected chi connectivity index (χ1v) is 7.15. The van der Waals surface area contributed by atoms with Gasteiger partial charge in [0.05, 0.1) is 5.75 Å². The van der Waals surface area contributed by atoms with Crippen molar-refractivity contribution in [2.75, 3.05) is 5.75 Å². The van der Waals surface area contributed by atoms with Crippen LogP contribution >= 0.6 is 11.8 Å². The van der Waals surface area contributed by atoms with E-state index in [2.05, 4.69) is 10.2 Å². The van der Waals surface area contributed by atoms with Crippen LogP contribution in [-0.4, -0.2) is 31.6 Å². The lowest BCUT2D eigenvalue weighted by Gasteiger charge is -2.09. The Morgan fingerprint density at radius 1 is 1.50 bits per heavy atom. The van der Waals surface area contributed by atoms with Gasteiger partial charge in [-0.15, -0.1) is 5.10 Å². The number of hydrogen-bond donors (Lipinski definition) is 2. The molecular formula is C11H17N3O3S. The fraction of sp³-hybridized carbons (Fsp3) is 0.727. The molecule has 0 aromatic carbocycles. The maximum atomic E-state index is 11.6. The number of carboxylic acids is 1. The van der Waals surface area contributed by atoms with Crippen LogP contribution in [0.25, 0.3) is 0 Å².